The van der Waals surface area contributed by atoms with Crippen LogP contribution in [0.15, 0.2) is 24.3 Å². The molecule has 1 amide bonds. The summed E-state index contributed by atoms with van der Waals surface area (Å²) in [5.41, 5.74) is 0.736. The van der Waals surface area contributed by atoms with Crippen LogP contribution in [0.1, 0.15) is 36.5 Å². The summed E-state index contributed by atoms with van der Waals surface area (Å²) in [7, 11) is 1.89. The number of amides is 1. The van der Waals surface area contributed by atoms with Crippen molar-refractivity contribution in [3.8, 4) is 5.75 Å². The summed E-state index contributed by atoms with van der Waals surface area (Å²) in [5.74, 6) is 1.63. The molecular weight excluding hydrogens is 226 g/mol. The van der Waals surface area contributed by atoms with Gasteiger partial charge in [0.25, 0.3) is 5.91 Å². The van der Waals surface area contributed by atoms with Crippen molar-refractivity contribution in [3.05, 3.63) is 29.8 Å². The largest absolute Gasteiger partial charge is 0.494 e. The molecule has 18 heavy (non-hydrogen) atoms. The molecule has 1 saturated carbocycles. The van der Waals surface area contributed by atoms with E-state index >= 15 is 0 Å². The molecule has 1 aliphatic carbocycles. The molecule has 0 saturated heterocycles. The van der Waals surface area contributed by atoms with Crippen LogP contribution < -0.4 is 4.74 Å². The second-order valence-corrected chi connectivity index (χ2v) is 4.94. The molecule has 0 atom stereocenters. The van der Waals surface area contributed by atoms with Crippen molar-refractivity contribution in [1.82, 2.24) is 4.90 Å². The first kappa shape index (κ1) is 12.9. The molecule has 3 heteroatoms. The van der Waals surface area contributed by atoms with Gasteiger partial charge in [-0.25, -0.2) is 0 Å². The van der Waals surface area contributed by atoms with Gasteiger partial charge in [0.1, 0.15) is 5.75 Å². The molecular formula is C15H21NO2. The quantitative estimate of drug-likeness (QED) is 0.800. The molecule has 0 bridgehead atoms. The fourth-order valence-corrected chi connectivity index (χ4v) is 2.23. The van der Waals surface area contributed by atoms with Gasteiger partial charge in [-0.15, -0.1) is 0 Å². The van der Waals surface area contributed by atoms with Crippen LogP contribution in [0.2, 0.25) is 0 Å². The number of carbonyl (C=O) groups excluding carboxylic acids is 1. The third kappa shape index (κ3) is 3.03. The van der Waals surface area contributed by atoms with Gasteiger partial charge in [0.15, 0.2) is 0 Å². The van der Waals surface area contributed by atoms with Crippen molar-refractivity contribution < 1.29 is 9.53 Å². The first-order valence-electron chi connectivity index (χ1n) is 6.69. The fraction of sp³-hybridized carbons (Fsp3) is 0.533. The molecule has 3 nitrogen and oxygen atoms in total. The van der Waals surface area contributed by atoms with Gasteiger partial charge in [0.05, 0.1) is 6.61 Å². The van der Waals surface area contributed by atoms with E-state index in [0.717, 1.165) is 17.9 Å². The molecule has 0 spiro atoms. The highest BCUT2D eigenvalue weighted by Crippen LogP contribution is 2.27. The SMILES string of the molecule is CCOc1ccc(C(=O)N(C)CC2CCC2)cc1. The molecule has 0 aromatic heterocycles. The van der Waals surface area contributed by atoms with Crippen molar-refractivity contribution in [1.29, 1.82) is 0 Å². The molecule has 0 radical (unpaired) electrons. The third-order valence-electron chi connectivity index (χ3n) is 3.52. The smallest absolute Gasteiger partial charge is 0.253 e. The van der Waals surface area contributed by atoms with Gasteiger partial charge in [-0.2, -0.15) is 0 Å². The molecule has 1 aliphatic rings. The van der Waals surface area contributed by atoms with Gasteiger partial charge >= 0.3 is 0 Å². The van der Waals surface area contributed by atoms with Gasteiger partial charge in [-0.05, 0) is 49.9 Å². The van der Waals surface area contributed by atoms with Crippen LogP contribution in [-0.4, -0.2) is 31.0 Å². The Morgan fingerprint density at radius 3 is 2.50 bits per heavy atom. The lowest BCUT2D eigenvalue weighted by molar-refractivity contribution is 0.0745. The van der Waals surface area contributed by atoms with Crippen LogP contribution in [0.25, 0.3) is 0 Å². The van der Waals surface area contributed by atoms with Crippen LogP contribution in [0.4, 0.5) is 0 Å². The first-order chi connectivity index (χ1) is 8.70. The number of nitrogens with zero attached hydrogens (tertiary/aromatic N) is 1. The van der Waals surface area contributed by atoms with Crippen molar-refractivity contribution >= 4 is 5.91 Å². The van der Waals surface area contributed by atoms with Crippen LogP contribution in [0.3, 0.4) is 0 Å². The minimum Gasteiger partial charge on any atom is -0.494 e. The van der Waals surface area contributed by atoms with E-state index in [2.05, 4.69) is 0 Å². The van der Waals surface area contributed by atoms with Crippen molar-refractivity contribution in [2.45, 2.75) is 26.2 Å². The molecule has 2 rings (SSSR count). The van der Waals surface area contributed by atoms with Crippen LogP contribution in [0.5, 0.6) is 5.75 Å². The third-order valence-corrected chi connectivity index (χ3v) is 3.52. The molecule has 1 fully saturated rings. The number of carbonyl (C=O) groups is 1. The highest BCUT2D eigenvalue weighted by Gasteiger charge is 2.21. The van der Waals surface area contributed by atoms with Gasteiger partial charge < -0.3 is 9.64 Å². The zero-order chi connectivity index (χ0) is 13.0. The Kier molecular flexibility index (Phi) is 4.24. The normalized spacial score (nSPS) is 15.0. The molecule has 0 N–H and O–H groups in total. The first-order valence-corrected chi connectivity index (χ1v) is 6.69. The van der Waals surface area contributed by atoms with Crippen molar-refractivity contribution in [3.63, 3.8) is 0 Å². The fourth-order valence-electron chi connectivity index (χ4n) is 2.23. The second-order valence-electron chi connectivity index (χ2n) is 4.94. The summed E-state index contributed by atoms with van der Waals surface area (Å²) >= 11 is 0. The second kappa shape index (κ2) is 5.89. The van der Waals surface area contributed by atoms with E-state index in [1.165, 1.54) is 19.3 Å². The van der Waals surface area contributed by atoms with Crippen LogP contribution in [0, 0.1) is 5.92 Å². The van der Waals surface area contributed by atoms with E-state index in [1.54, 1.807) is 0 Å². The van der Waals surface area contributed by atoms with E-state index in [-0.39, 0.29) is 5.91 Å². The van der Waals surface area contributed by atoms with Crippen LogP contribution in [-0.2, 0) is 0 Å². The summed E-state index contributed by atoms with van der Waals surface area (Å²) < 4.78 is 5.37. The summed E-state index contributed by atoms with van der Waals surface area (Å²) in [6.07, 6.45) is 3.84. The Bertz CT molecular complexity index is 395. The lowest BCUT2D eigenvalue weighted by Crippen LogP contribution is -2.34. The molecule has 1 aromatic rings. The van der Waals surface area contributed by atoms with E-state index in [4.69, 9.17) is 4.74 Å². The number of rotatable bonds is 5. The standard InChI is InChI=1S/C15H21NO2/c1-3-18-14-9-7-13(8-10-14)15(17)16(2)11-12-5-4-6-12/h7-10,12H,3-6,11H2,1-2H3. The highest BCUT2D eigenvalue weighted by molar-refractivity contribution is 5.94. The Labute approximate surface area is 109 Å². The zero-order valence-corrected chi connectivity index (χ0v) is 11.2. The summed E-state index contributed by atoms with van der Waals surface area (Å²) in [5, 5.41) is 0. The maximum Gasteiger partial charge on any atom is 0.253 e. The minimum atomic E-state index is 0.102. The van der Waals surface area contributed by atoms with E-state index in [9.17, 15) is 4.79 Å². The zero-order valence-electron chi connectivity index (χ0n) is 11.2. The van der Waals surface area contributed by atoms with Gasteiger partial charge in [-0.1, -0.05) is 6.42 Å². The lowest BCUT2D eigenvalue weighted by atomic mass is 9.85. The van der Waals surface area contributed by atoms with E-state index < -0.39 is 0 Å². The lowest BCUT2D eigenvalue weighted by Gasteiger charge is -2.30. The number of hydrogen-bond donors (Lipinski definition) is 0. The molecule has 0 heterocycles. The minimum absolute atomic E-state index is 0.102. The molecule has 1 aromatic carbocycles. The maximum atomic E-state index is 12.2. The average molecular weight is 247 g/mol. The van der Waals surface area contributed by atoms with Gasteiger partial charge in [-0.3, -0.25) is 4.79 Å². The Morgan fingerprint density at radius 1 is 1.33 bits per heavy atom. The molecule has 0 unspecified atom stereocenters. The number of ether oxygens (including phenoxy) is 1. The molecule has 98 valence electrons. The maximum absolute atomic E-state index is 12.2. The highest BCUT2D eigenvalue weighted by atomic mass is 16.5. The number of benzene rings is 1. The summed E-state index contributed by atoms with van der Waals surface area (Å²) in [6, 6.07) is 7.39. The number of hydrogen-bond acceptors (Lipinski definition) is 2. The predicted octanol–water partition coefficient (Wildman–Crippen LogP) is 2.96. The topological polar surface area (TPSA) is 29.5 Å². The van der Waals surface area contributed by atoms with E-state index in [1.807, 2.05) is 43.1 Å². The van der Waals surface area contributed by atoms with Crippen molar-refractivity contribution in [2.75, 3.05) is 20.2 Å². The molecule has 0 aliphatic heterocycles. The summed E-state index contributed by atoms with van der Waals surface area (Å²) in [4.78, 5) is 14.0. The van der Waals surface area contributed by atoms with Gasteiger partial charge in [0.2, 0.25) is 0 Å². The van der Waals surface area contributed by atoms with Gasteiger partial charge in [0, 0.05) is 19.2 Å². The monoisotopic (exact) mass is 247 g/mol. The average Bonchev–Trinajstić information content (AvgIpc) is 2.34. The van der Waals surface area contributed by atoms with E-state index in [0.29, 0.717) is 12.5 Å². The van der Waals surface area contributed by atoms with Crippen molar-refractivity contribution in [2.24, 2.45) is 5.92 Å². The summed E-state index contributed by atoms with van der Waals surface area (Å²) in [6.45, 7) is 3.48. The Morgan fingerprint density at radius 2 is 2.00 bits per heavy atom. The Hall–Kier alpha value is -1.51. The Balaban J connectivity index is 1.94. The van der Waals surface area contributed by atoms with Crippen LogP contribution >= 0.6 is 0 Å². The predicted molar refractivity (Wildman–Crippen MR) is 71.9 cm³/mol.